The van der Waals surface area contributed by atoms with Crippen molar-refractivity contribution in [1.29, 1.82) is 0 Å². The Morgan fingerprint density at radius 3 is 3.00 bits per heavy atom. The number of carbonyl (C=O) groups excluding carboxylic acids is 1. The van der Waals surface area contributed by atoms with E-state index in [-0.39, 0.29) is 12.5 Å². The van der Waals surface area contributed by atoms with Crippen LogP contribution in [-0.2, 0) is 9.53 Å². The highest BCUT2D eigenvalue weighted by Crippen LogP contribution is 2.11. The van der Waals surface area contributed by atoms with Gasteiger partial charge in [0, 0.05) is 6.54 Å². The van der Waals surface area contributed by atoms with Crippen molar-refractivity contribution in [1.82, 2.24) is 5.32 Å². The summed E-state index contributed by atoms with van der Waals surface area (Å²) >= 11 is 0. The number of ether oxygens (including phenoxy) is 1. The Hall–Kier alpha value is -1.33. The van der Waals surface area contributed by atoms with Gasteiger partial charge < -0.3 is 19.6 Å². The second-order valence-corrected chi connectivity index (χ2v) is 3.41. The SMILES string of the molecule is CCOC(=O)C(C)NCC(O)c1ccco1. The van der Waals surface area contributed by atoms with Gasteiger partial charge in [-0.1, -0.05) is 0 Å². The molecule has 16 heavy (non-hydrogen) atoms. The van der Waals surface area contributed by atoms with Crippen molar-refractivity contribution in [2.24, 2.45) is 0 Å². The first-order chi connectivity index (χ1) is 7.65. The summed E-state index contributed by atoms with van der Waals surface area (Å²) in [7, 11) is 0. The van der Waals surface area contributed by atoms with Crippen LogP contribution in [0.4, 0.5) is 0 Å². The highest BCUT2D eigenvalue weighted by atomic mass is 16.5. The van der Waals surface area contributed by atoms with E-state index in [1.165, 1.54) is 6.26 Å². The lowest BCUT2D eigenvalue weighted by molar-refractivity contribution is -0.145. The Labute approximate surface area is 94.4 Å². The summed E-state index contributed by atoms with van der Waals surface area (Å²) in [5, 5.41) is 12.5. The fraction of sp³-hybridized carbons (Fsp3) is 0.545. The Kier molecular flexibility index (Phi) is 5.01. The maximum Gasteiger partial charge on any atom is 0.322 e. The van der Waals surface area contributed by atoms with Crippen LogP contribution < -0.4 is 5.32 Å². The molecule has 0 amide bonds. The van der Waals surface area contributed by atoms with Crippen LogP contribution in [-0.4, -0.2) is 30.3 Å². The molecule has 0 radical (unpaired) electrons. The molecule has 1 heterocycles. The van der Waals surface area contributed by atoms with Gasteiger partial charge >= 0.3 is 5.97 Å². The normalized spacial score (nSPS) is 14.4. The summed E-state index contributed by atoms with van der Waals surface area (Å²) in [6.07, 6.45) is 0.736. The number of aliphatic hydroxyl groups is 1. The van der Waals surface area contributed by atoms with Gasteiger partial charge in [0.2, 0.25) is 0 Å². The van der Waals surface area contributed by atoms with Crippen molar-refractivity contribution in [3.05, 3.63) is 24.2 Å². The summed E-state index contributed by atoms with van der Waals surface area (Å²) < 4.78 is 9.85. The van der Waals surface area contributed by atoms with Gasteiger partial charge in [-0.05, 0) is 26.0 Å². The number of hydrogen-bond acceptors (Lipinski definition) is 5. The lowest BCUT2D eigenvalue weighted by atomic mass is 10.2. The molecule has 0 aliphatic rings. The van der Waals surface area contributed by atoms with E-state index in [1.54, 1.807) is 26.0 Å². The van der Waals surface area contributed by atoms with E-state index >= 15 is 0 Å². The van der Waals surface area contributed by atoms with E-state index in [0.717, 1.165) is 0 Å². The zero-order chi connectivity index (χ0) is 12.0. The van der Waals surface area contributed by atoms with E-state index < -0.39 is 12.1 Å². The second-order valence-electron chi connectivity index (χ2n) is 3.41. The maximum absolute atomic E-state index is 11.3. The van der Waals surface area contributed by atoms with Gasteiger partial charge in [-0.25, -0.2) is 0 Å². The highest BCUT2D eigenvalue weighted by Gasteiger charge is 2.16. The first-order valence-electron chi connectivity index (χ1n) is 5.26. The molecule has 0 saturated carbocycles. The molecule has 0 saturated heterocycles. The average molecular weight is 227 g/mol. The molecule has 5 heteroatoms. The number of nitrogens with one attached hydrogen (secondary N) is 1. The minimum atomic E-state index is -0.758. The second kappa shape index (κ2) is 6.30. The number of rotatable bonds is 6. The quantitative estimate of drug-likeness (QED) is 0.705. The Morgan fingerprint density at radius 2 is 2.44 bits per heavy atom. The topological polar surface area (TPSA) is 71.7 Å². The van der Waals surface area contributed by atoms with Crippen LogP contribution in [0.3, 0.4) is 0 Å². The molecule has 5 nitrogen and oxygen atoms in total. The lowest BCUT2D eigenvalue weighted by Gasteiger charge is -2.14. The van der Waals surface area contributed by atoms with E-state index in [4.69, 9.17) is 9.15 Å². The highest BCUT2D eigenvalue weighted by molar-refractivity contribution is 5.75. The summed E-state index contributed by atoms with van der Waals surface area (Å²) in [5.74, 6) is 0.151. The molecule has 1 aromatic heterocycles. The van der Waals surface area contributed by atoms with Crippen molar-refractivity contribution in [2.75, 3.05) is 13.2 Å². The number of carbonyl (C=O) groups is 1. The maximum atomic E-state index is 11.3. The molecule has 0 fully saturated rings. The third-order valence-electron chi connectivity index (χ3n) is 2.13. The molecule has 0 aromatic carbocycles. The third-order valence-corrected chi connectivity index (χ3v) is 2.13. The fourth-order valence-corrected chi connectivity index (χ4v) is 1.22. The molecule has 0 spiro atoms. The van der Waals surface area contributed by atoms with Crippen molar-refractivity contribution in [3.63, 3.8) is 0 Å². The van der Waals surface area contributed by atoms with E-state index in [2.05, 4.69) is 5.32 Å². The zero-order valence-corrected chi connectivity index (χ0v) is 9.47. The minimum absolute atomic E-state index is 0.244. The van der Waals surface area contributed by atoms with Crippen molar-refractivity contribution >= 4 is 5.97 Å². The Balaban J connectivity index is 2.31. The molecule has 90 valence electrons. The van der Waals surface area contributed by atoms with Gasteiger partial charge in [0.25, 0.3) is 0 Å². The first kappa shape index (κ1) is 12.7. The van der Waals surface area contributed by atoms with Gasteiger partial charge in [-0.15, -0.1) is 0 Å². The van der Waals surface area contributed by atoms with Gasteiger partial charge in [0.1, 0.15) is 17.9 Å². The van der Waals surface area contributed by atoms with E-state index in [1.807, 2.05) is 0 Å². The molecule has 2 N–H and O–H groups in total. The van der Waals surface area contributed by atoms with Crippen molar-refractivity contribution < 1.29 is 19.1 Å². The lowest BCUT2D eigenvalue weighted by Crippen LogP contribution is -2.37. The number of esters is 1. The Bertz CT molecular complexity index is 310. The van der Waals surface area contributed by atoms with E-state index in [0.29, 0.717) is 12.4 Å². The van der Waals surface area contributed by atoms with Crippen molar-refractivity contribution in [3.8, 4) is 0 Å². The molecular weight excluding hydrogens is 210 g/mol. The molecule has 1 aromatic rings. The predicted molar refractivity (Wildman–Crippen MR) is 57.8 cm³/mol. The largest absolute Gasteiger partial charge is 0.467 e. The monoisotopic (exact) mass is 227 g/mol. The van der Waals surface area contributed by atoms with Crippen LogP contribution in [0.15, 0.2) is 22.8 Å². The summed E-state index contributed by atoms with van der Waals surface area (Å²) in [4.78, 5) is 11.3. The third kappa shape index (κ3) is 3.67. The average Bonchev–Trinajstić information content (AvgIpc) is 2.79. The molecule has 2 unspecified atom stereocenters. The van der Waals surface area contributed by atoms with Gasteiger partial charge in [0.05, 0.1) is 12.9 Å². The number of hydrogen-bond donors (Lipinski definition) is 2. The fourth-order valence-electron chi connectivity index (χ4n) is 1.22. The van der Waals surface area contributed by atoms with Gasteiger partial charge in [-0.2, -0.15) is 0 Å². The molecule has 0 aliphatic heterocycles. The van der Waals surface area contributed by atoms with E-state index in [9.17, 15) is 9.90 Å². The number of aliphatic hydroxyl groups excluding tert-OH is 1. The summed E-state index contributed by atoms with van der Waals surface area (Å²) in [5.41, 5.74) is 0. The molecular formula is C11H17NO4. The zero-order valence-electron chi connectivity index (χ0n) is 9.47. The Morgan fingerprint density at radius 1 is 1.69 bits per heavy atom. The first-order valence-corrected chi connectivity index (χ1v) is 5.26. The van der Waals surface area contributed by atoms with Gasteiger partial charge in [0.15, 0.2) is 0 Å². The standard InChI is InChI=1S/C11H17NO4/c1-3-15-11(14)8(2)12-7-9(13)10-5-4-6-16-10/h4-6,8-9,12-13H,3,7H2,1-2H3. The van der Waals surface area contributed by atoms with Gasteiger partial charge in [-0.3, -0.25) is 4.79 Å². The van der Waals surface area contributed by atoms with Crippen LogP contribution in [0.1, 0.15) is 25.7 Å². The van der Waals surface area contributed by atoms with Crippen LogP contribution in [0.2, 0.25) is 0 Å². The molecule has 0 bridgehead atoms. The molecule has 1 rings (SSSR count). The molecule has 2 atom stereocenters. The minimum Gasteiger partial charge on any atom is -0.467 e. The predicted octanol–water partition coefficient (Wildman–Crippen LogP) is 0.854. The smallest absolute Gasteiger partial charge is 0.322 e. The molecule has 0 aliphatic carbocycles. The van der Waals surface area contributed by atoms with Crippen LogP contribution in [0, 0.1) is 0 Å². The van der Waals surface area contributed by atoms with Crippen molar-refractivity contribution in [2.45, 2.75) is 26.0 Å². The van der Waals surface area contributed by atoms with Crippen LogP contribution >= 0.6 is 0 Å². The summed E-state index contributed by atoms with van der Waals surface area (Å²) in [6, 6.07) is 2.94. The number of furan rings is 1. The summed E-state index contributed by atoms with van der Waals surface area (Å²) in [6.45, 7) is 4.04. The van der Waals surface area contributed by atoms with Crippen LogP contribution in [0.25, 0.3) is 0 Å². The van der Waals surface area contributed by atoms with Crippen LogP contribution in [0.5, 0.6) is 0 Å².